The number of fused-ring (bicyclic) bond motifs is 2. The summed E-state index contributed by atoms with van der Waals surface area (Å²) in [7, 11) is -3.02. The van der Waals surface area contributed by atoms with Crippen LogP contribution in [0.4, 0.5) is 0 Å². The topological polar surface area (TPSA) is 97.8 Å². The normalized spacial score (nSPS) is 29.1. The molecule has 0 N–H and O–H groups in total. The van der Waals surface area contributed by atoms with Gasteiger partial charge in [-0.2, -0.15) is 10.5 Å². The van der Waals surface area contributed by atoms with Crippen molar-refractivity contribution in [2.24, 2.45) is 0 Å². The number of hydrogen-bond donors (Lipinski definition) is 0. The fraction of sp³-hybridized carbons (Fsp3) is 0.471. The van der Waals surface area contributed by atoms with Crippen LogP contribution in [0.3, 0.4) is 0 Å². The molecule has 0 spiro atoms. The second-order valence-electron chi connectivity index (χ2n) is 6.56. The largest absolute Gasteiger partial charge is 0.289 e. The smallest absolute Gasteiger partial charge is 0.148 e. The molecular weight excluding hydrogens is 324 g/mol. The van der Waals surface area contributed by atoms with E-state index in [1.165, 1.54) is 12.5 Å². The van der Waals surface area contributed by atoms with Crippen LogP contribution in [0.2, 0.25) is 0 Å². The number of nitrogens with zero attached hydrogens (tertiary/aromatic N) is 4. The van der Waals surface area contributed by atoms with Crippen molar-refractivity contribution in [3.8, 4) is 12.1 Å². The number of piperidine rings is 1. The highest BCUT2D eigenvalue weighted by Crippen LogP contribution is 2.44. The van der Waals surface area contributed by atoms with Crippen LogP contribution in [0.1, 0.15) is 24.0 Å². The van der Waals surface area contributed by atoms with E-state index in [0.717, 1.165) is 5.56 Å². The van der Waals surface area contributed by atoms with Crippen LogP contribution in [0, 0.1) is 22.7 Å². The summed E-state index contributed by atoms with van der Waals surface area (Å²) in [5.41, 5.74) is 0.521. The molecule has 0 unspecified atom stereocenters. The maximum absolute atomic E-state index is 11.4. The molecule has 2 bridgehead atoms. The second-order valence-corrected chi connectivity index (χ2v) is 8.82. The van der Waals surface area contributed by atoms with E-state index in [-0.39, 0.29) is 17.8 Å². The second kappa shape index (κ2) is 6.01. The highest BCUT2D eigenvalue weighted by atomic mass is 32.2. The number of pyridine rings is 1. The molecule has 0 saturated carbocycles. The Morgan fingerprint density at radius 1 is 1.29 bits per heavy atom. The van der Waals surface area contributed by atoms with Crippen molar-refractivity contribution in [3.63, 3.8) is 0 Å². The summed E-state index contributed by atoms with van der Waals surface area (Å²) in [4.78, 5) is 6.25. The lowest BCUT2D eigenvalue weighted by Crippen LogP contribution is -2.51. The molecule has 3 rings (SSSR count). The summed E-state index contributed by atoms with van der Waals surface area (Å²) < 4.78 is 22.9. The lowest BCUT2D eigenvalue weighted by molar-refractivity contribution is 0.126. The summed E-state index contributed by atoms with van der Waals surface area (Å²) in [5.74, 6) is 0.118. The highest BCUT2D eigenvalue weighted by molar-refractivity contribution is 7.90. The molecular formula is C17H18N4O2S. The maximum Gasteiger partial charge on any atom is 0.148 e. The summed E-state index contributed by atoms with van der Waals surface area (Å²) in [6.07, 6.45) is 9.68. The van der Waals surface area contributed by atoms with E-state index in [9.17, 15) is 13.7 Å². The molecule has 0 aliphatic carbocycles. The van der Waals surface area contributed by atoms with Gasteiger partial charge in [-0.3, -0.25) is 9.88 Å². The zero-order chi connectivity index (χ0) is 17.4. The first-order valence-electron chi connectivity index (χ1n) is 7.75. The number of hydrogen-bond acceptors (Lipinski definition) is 6. The van der Waals surface area contributed by atoms with Gasteiger partial charge in [-0.15, -0.1) is 0 Å². The van der Waals surface area contributed by atoms with Gasteiger partial charge >= 0.3 is 0 Å². The van der Waals surface area contributed by atoms with Crippen molar-refractivity contribution in [1.82, 2.24) is 9.88 Å². The van der Waals surface area contributed by atoms with Gasteiger partial charge in [0.15, 0.2) is 0 Å². The first-order chi connectivity index (χ1) is 11.4. The van der Waals surface area contributed by atoms with E-state index in [4.69, 9.17) is 5.26 Å². The molecule has 24 heavy (non-hydrogen) atoms. The molecule has 6 nitrogen and oxygen atoms in total. The van der Waals surface area contributed by atoms with Crippen molar-refractivity contribution >= 4 is 9.84 Å². The number of aromatic nitrogens is 1. The van der Waals surface area contributed by atoms with Crippen LogP contribution in [-0.4, -0.2) is 48.9 Å². The lowest BCUT2D eigenvalue weighted by atomic mass is 9.71. The van der Waals surface area contributed by atoms with E-state index in [1.807, 2.05) is 0 Å². The standard InChI is InChI=1S/C17H18N4O2S/c1-24(22,23)5-4-21-15-2-3-16(21)8-17(7-15,12-19)14-6-13(9-18)10-20-11-14/h2-3,6,10-11,15-16H,4-5,7-8H2,1H3/t15-,16+,17+. The Morgan fingerprint density at radius 2 is 1.96 bits per heavy atom. The van der Waals surface area contributed by atoms with Crippen molar-refractivity contribution in [1.29, 1.82) is 10.5 Å². The van der Waals surface area contributed by atoms with Crippen LogP contribution >= 0.6 is 0 Å². The zero-order valence-electron chi connectivity index (χ0n) is 13.4. The molecule has 1 aromatic heterocycles. The third-order valence-corrected chi connectivity index (χ3v) is 5.80. The summed E-state index contributed by atoms with van der Waals surface area (Å²) in [5, 5.41) is 18.9. The minimum atomic E-state index is -3.02. The molecule has 2 aliphatic heterocycles. The van der Waals surface area contributed by atoms with Gasteiger partial charge in [-0.1, -0.05) is 12.2 Å². The van der Waals surface area contributed by atoms with Crippen molar-refractivity contribution in [2.45, 2.75) is 30.3 Å². The number of sulfone groups is 1. The van der Waals surface area contributed by atoms with E-state index in [2.05, 4.69) is 34.2 Å². The molecule has 0 aromatic carbocycles. The first kappa shape index (κ1) is 16.6. The van der Waals surface area contributed by atoms with E-state index >= 15 is 0 Å². The van der Waals surface area contributed by atoms with Crippen molar-refractivity contribution < 1.29 is 8.42 Å². The Bertz CT molecular complexity index is 847. The van der Waals surface area contributed by atoms with Gasteiger partial charge in [0, 0.05) is 37.3 Å². The fourth-order valence-electron chi connectivity index (χ4n) is 3.65. The molecule has 1 saturated heterocycles. The van der Waals surface area contributed by atoms with Crippen molar-refractivity contribution in [2.75, 3.05) is 18.6 Å². The van der Waals surface area contributed by atoms with Gasteiger partial charge in [-0.25, -0.2) is 8.42 Å². The van der Waals surface area contributed by atoms with Gasteiger partial charge in [0.1, 0.15) is 15.9 Å². The molecule has 7 heteroatoms. The molecule has 0 amide bonds. The monoisotopic (exact) mass is 342 g/mol. The van der Waals surface area contributed by atoms with Gasteiger partial charge in [0.2, 0.25) is 0 Å². The Hall–Kier alpha value is -2.22. The van der Waals surface area contributed by atoms with Crippen LogP contribution < -0.4 is 0 Å². The van der Waals surface area contributed by atoms with Crippen LogP contribution in [0.15, 0.2) is 30.6 Å². The van der Waals surface area contributed by atoms with Gasteiger partial charge in [0.25, 0.3) is 0 Å². The number of nitriles is 2. The molecule has 1 fully saturated rings. The third kappa shape index (κ3) is 3.06. The molecule has 3 atom stereocenters. The van der Waals surface area contributed by atoms with E-state index in [0.29, 0.717) is 24.9 Å². The molecule has 124 valence electrons. The summed E-state index contributed by atoms with van der Waals surface area (Å²) in [6.45, 7) is 0.471. The SMILES string of the molecule is CS(=O)(=O)CCN1[C@@H]2C=C[C@H]1C[C@@](C#N)(c1cncc(C#N)c1)C2. The first-order valence-corrected chi connectivity index (χ1v) is 9.82. The van der Waals surface area contributed by atoms with E-state index in [1.54, 1.807) is 12.3 Å². The maximum atomic E-state index is 11.4. The fourth-order valence-corrected chi connectivity index (χ4v) is 4.19. The van der Waals surface area contributed by atoms with Gasteiger partial charge in [0.05, 0.1) is 22.8 Å². The Balaban J connectivity index is 1.85. The van der Waals surface area contributed by atoms with Gasteiger partial charge < -0.3 is 0 Å². The Kier molecular flexibility index (Phi) is 4.16. The van der Waals surface area contributed by atoms with Crippen LogP contribution in [-0.2, 0) is 15.3 Å². The minimum absolute atomic E-state index is 0.0379. The predicted octanol–water partition coefficient (Wildman–Crippen LogP) is 1.16. The Labute approximate surface area is 141 Å². The average Bonchev–Trinajstić information content (AvgIpc) is 2.81. The highest BCUT2D eigenvalue weighted by Gasteiger charge is 2.47. The predicted molar refractivity (Wildman–Crippen MR) is 88.6 cm³/mol. The average molecular weight is 342 g/mol. The molecule has 2 aliphatic rings. The van der Waals surface area contributed by atoms with Crippen LogP contribution in [0.5, 0.6) is 0 Å². The minimum Gasteiger partial charge on any atom is -0.289 e. The molecule has 1 aromatic rings. The van der Waals surface area contributed by atoms with E-state index < -0.39 is 15.3 Å². The van der Waals surface area contributed by atoms with Crippen LogP contribution in [0.25, 0.3) is 0 Å². The van der Waals surface area contributed by atoms with Crippen molar-refractivity contribution in [3.05, 3.63) is 41.7 Å². The lowest BCUT2D eigenvalue weighted by Gasteiger charge is -2.43. The zero-order valence-corrected chi connectivity index (χ0v) is 14.2. The summed E-state index contributed by atoms with van der Waals surface area (Å²) in [6, 6.07) is 6.32. The molecule has 0 radical (unpaired) electrons. The van der Waals surface area contributed by atoms with Gasteiger partial charge in [-0.05, 0) is 24.5 Å². The summed E-state index contributed by atoms with van der Waals surface area (Å²) >= 11 is 0. The Morgan fingerprint density at radius 3 is 2.50 bits per heavy atom. The molecule has 3 heterocycles. The number of rotatable bonds is 4. The quantitative estimate of drug-likeness (QED) is 0.762. The third-order valence-electron chi connectivity index (χ3n) is 4.88.